The van der Waals surface area contributed by atoms with Crippen molar-refractivity contribution in [1.82, 2.24) is 15.0 Å². The molecule has 7 aromatic rings. The van der Waals surface area contributed by atoms with E-state index in [0.717, 1.165) is 22.3 Å². The monoisotopic (exact) mass is 653 g/mol. The number of aromatic nitrogens is 3. The molecular formula is C45H39N3Si. The molecule has 0 saturated heterocycles. The third-order valence-corrected chi connectivity index (χ3v) is 11.7. The zero-order valence-corrected chi connectivity index (χ0v) is 29.4. The number of nitrogens with zero attached hydrogens (tertiary/aromatic N) is 3. The molecule has 3 nitrogen and oxygen atoms in total. The van der Waals surface area contributed by atoms with E-state index >= 15 is 0 Å². The van der Waals surface area contributed by atoms with Crippen molar-refractivity contribution in [2.45, 2.75) is 38.9 Å². The van der Waals surface area contributed by atoms with E-state index < -0.39 is 8.07 Å². The molecule has 49 heavy (non-hydrogen) atoms. The molecule has 1 aromatic heterocycles. The Morgan fingerprint density at radius 2 is 0.939 bits per heavy atom. The molecule has 0 saturated carbocycles. The molecule has 0 spiro atoms. The van der Waals surface area contributed by atoms with Gasteiger partial charge >= 0.3 is 0 Å². The van der Waals surface area contributed by atoms with Gasteiger partial charge in [0.1, 0.15) is 0 Å². The van der Waals surface area contributed by atoms with Crippen molar-refractivity contribution in [3.8, 4) is 67.5 Å². The normalized spacial score (nSPS) is 14.3. The highest BCUT2D eigenvalue weighted by molar-refractivity contribution is 6.88. The highest BCUT2D eigenvalue weighted by Gasteiger charge is 2.36. The second-order valence-electron chi connectivity index (χ2n) is 14.3. The van der Waals surface area contributed by atoms with Crippen LogP contribution in [-0.4, -0.2) is 23.0 Å². The Morgan fingerprint density at radius 3 is 1.45 bits per heavy atom. The van der Waals surface area contributed by atoms with Gasteiger partial charge in [0.25, 0.3) is 0 Å². The molecule has 0 radical (unpaired) electrons. The average Bonchev–Trinajstić information content (AvgIpc) is 3.39. The third kappa shape index (κ3) is 5.72. The average molecular weight is 654 g/mol. The minimum absolute atomic E-state index is 0.0578. The smallest absolute Gasteiger partial charge is 0.164 e. The van der Waals surface area contributed by atoms with Gasteiger partial charge in [0, 0.05) is 22.1 Å². The molecule has 1 heterocycles. The van der Waals surface area contributed by atoms with Crippen LogP contribution in [0, 0.1) is 0 Å². The molecule has 8 rings (SSSR count). The van der Waals surface area contributed by atoms with Crippen LogP contribution >= 0.6 is 0 Å². The summed E-state index contributed by atoms with van der Waals surface area (Å²) >= 11 is 0. The lowest BCUT2D eigenvalue weighted by atomic mass is 9.81. The second kappa shape index (κ2) is 11.9. The van der Waals surface area contributed by atoms with Crippen LogP contribution < -0.4 is 5.19 Å². The van der Waals surface area contributed by atoms with Gasteiger partial charge in [0.05, 0.1) is 13.6 Å². The van der Waals surface area contributed by atoms with Crippen LogP contribution in [0.1, 0.15) is 30.5 Å². The van der Waals surface area contributed by atoms with Gasteiger partial charge < -0.3 is 0 Å². The summed E-state index contributed by atoms with van der Waals surface area (Å²) in [4.78, 5) is 14.3. The maximum absolute atomic E-state index is 9.53. The lowest BCUT2D eigenvalue weighted by Crippen LogP contribution is -2.37. The summed E-state index contributed by atoms with van der Waals surface area (Å²) in [6.45, 7) is 11.5. The van der Waals surface area contributed by atoms with Crippen LogP contribution in [0.4, 0.5) is 0 Å². The number of rotatable bonds is 6. The van der Waals surface area contributed by atoms with Crippen molar-refractivity contribution >= 4 is 13.3 Å². The predicted octanol–water partition coefficient (Wildman–Crippen LogP) is 11.1. The minimum atomic E-state index is -1.40. The van der Waals surface area contributed by atoms with Gasteiger partial charge in [-0.2, -0.15) is 0 Å². The van der Waals surface area contributed by atoms with Crippen molar-refractivity contribution in [3.63, 3.8) is 0 Å². The molecular weight excluding hydrogens is 611 g/mol. The van der Waals surface area contributed by atoms with E-state index in [0.29, 0.717) is 17.2 Å². The topological polar surface area (TPSA) is 38.7 Å². The fourth-order valence-electron chi connectivity index (χ4n) is 6.76. The van der Waals surface area contributed by atoms with Crippen LogP contribution in [0.2, 0.25) is 19.6 Å². The molecule has 0 bridgehead atoms. The summed E-state index contributed by atoms with van der Waals surface area (Å²) in [7, 11) is -1.40. The Balaban J connectivity index is 1.25. The van der Waals surface area contributed by atoms with Crippen molar-refractivity contribution in [2.24, 2.45) is 0 Å². The zero-order chi connectivity index (χ0) is 37.2. The second-order valence-corrected chi connectivity index (χ2v) is 19.3. The summed E-state index contributed by atoms with van der Waals surface area (Å²) in [6.07, 6.45) is 0. The molecule has 6 aromatic carbocycles. The van der Waals surface area contributed by atoms with E-state index in [1.807, 2.05) is 66.7 Å². The molecule has 1 aliphatic carbocycles. The Kier molecular flexibility index (Phi) is 6.44. The van der Waals surface area contributed by atoms with E-state index in [4.69, 9.17) is 19.1 Å². The van der Waals surface area contributed by atoms with Crippen molar-refractivity contribution < 1.29 is 5.48 Å². The van der Waals surface area contributed by atoms with Gasteiger partial charge in [-0.05, 0) is 62.7 Å². The van der Waals surface area contributed by atoms with Gasteiger partial charge in [-0.15, -0.1) is 0 Å². The lowest BCUT2D eigenvalue weighted by Gasteiger charge is -2.23. The van der Waals surface area contributed by atoms with E-state index in [2.05, 4.69) is 88.1 Å². The SMILES string of the molecule is [2H]c1c([2H])c(-c2ccc3c(c2)C(C)(C)c2cc(-c4ccc([Si](C)(C)C)cc4)ccc2-3)c([2H])c(-c2nc(-c3ccccc3)nc(-c3ccccc3)n2)c1[2H]. The summed E-state index contributed by atoms with van der Waals surface area (Å²) in [6, 6.07) is 40.1. The number of hydrogen-bond donors (Lipinski definition) is 0. The van der Waals surface area contributed by atoms with Gasteiger partial charge in [-0.3, -0.25) is 0 Å². The molecule has 1 aliphatic rings. The fourth-order valence-corrected chi connectivity index (χ4v) is 7.92. The van der Waals surface area contributed by atoms with Crippen molar-refractivity contribution in [1.29, 1.82) is 0 Å². The van der Waals surface area contributed by atoms with Crippen molar-refractivity contribution in [3.05, 3.63) is 157 Å². The standard InChI is InChI=1S/C45H39N3Si/c1-45(2)40-28-34(30-19-23-37(24-20-30)49(3,4)5)21-25-38(40)39-26-22-35(29-41(39)45)33-17-12-18-36(27-33)44-47-42(31-13-8-6-9-14-31)46-43(48-44)32-15-10-7-11-16-32/h6-29H,1-5H3/i12D,17D,18D,27D. The molecule has 0 amide bonds. The Hall–Kier alpha value is -5.45. The summed E-state index contributed by atoms with van der Waals surface area (Å²) in [5.41, 5.74) is 9.18. The van der Waals surface area contributed by atoms with Gasteiger partial charge in [0.15, 0.2) is 17.5 Å². The first-order valence-corrected chi connectivity index (χ1v) is 20.2. The highest BCUT2D eigenvalue weighted by atomic mass is 28.3. The molecule has 0 aliphatic heterocycles. The van der Waals surface area contributed by atoms with Crippen LogP contribution in [0.15, 0.2) is 145 Å². The maximum Gasteiger partial charge on any atom is 0.164 e. The van der Waals surface area contributed by atoms with Gasteiger partial charge in [-0.1, -0.05) is 166 Å². The quantitative estimate of drug-likeness (QED) is 0.168. The predicted molar refractivity (Wildman–Crippen MR) is 208 cm³/mol. The molecule has 0 N–H and O–H groups in total. The summed E-state index contributed by atoms with van der Waals surface area (Å²) in [5, 5.41) is 1.44. The molecule has 4 heteroatoms. The summed E-state index contributed by atoms with van der Waals surface area (Å²) in [5.74, 6) is 0.932. The molecule has 0 atom stereocenters. The van der Waals surface area contributed by atoms with Gasteiger partial charge in [-0.25, -0.2) is 15.0 Å². The van der Waals surface area contributed by atoms with Crippen LogP contribution in [0.25, 0.3) is 67.5 Å². The van der Waals surface area contributed by atoms with Gasteiger partial charge in [0.2, 0.25) is 0 Å². The first-order chi connectivity index (χ1) is 25.3. The molecule has 0 unspecified atom stereocenters. The first kappa shape index (κ1) is 26.5. The fraction of sp³-hybridized carbons (Fsp3) is 0.133. The number of fused-ring (bicyclic) bond motifs is 3. The number of benzene rings is 6. The van der Waals surface area contributed by atoms with E-state index in [1.54, 1.807) is 0 Å². The zero-order valence-electron chi connectivity index (χ0n) is 32.4. The first-order valence-electron chi connectivity index (χ1n) is 18.7. The largest absolute Gasteiger partial charge is 0.208 e. The van der Waals surface area contributed by atoms with E-state index in [1.165, 1.54) is 27.4 Å². The van der Waals surface area contributed by atoms with Crippen molar-refractivity contribution in [2.75, 3.05) is 0 Å². The molecule has 238 valence electrons. The molecule has 0 fully saturated rings. The highest BCUT2D eigenvalue weighted by Crippen LogP contribution is 2.50. The van der Waals surface area contributed by atoms with Crippen LogP contribution in [0.3, 0.4) is 0 Å². The third-order valence-electron chi connectivity index (χ3n) is 9.60. The van der Waals surface area contributed by atoms with E-state index in [-0.39, 0.29) is 46.5 Å². The minimum Gasteiger partial charge on any atom is -0.208 e. The van der Waals surface area contributed by atoms with Crippen LogP contribution in [-0.2, 0) is 5.41 Å². The Labute approximate surface area is 296 Å². The Bertz CT molecular complexity index is 2490. The number of hydrogen-bond acceptors (Lipinski definition) is 3. The van der Waals surface area contributed by atoms with Crippen LogP contribution in [0.5, 0.6) is 0 Å². The Morgan fingerprint density at radius 1 is 0.490 bits per heavy atom. The lowest BCUT2D eigenvalue weighted by molar-refractivity contribution is 0.661. The summed E-state index contributed by atoms with van der Waals surface area (Å²) < 4.78 is 36.5. The van der Waals surface area contributed by atoms with E-state index in [9.17, 15) is 1.37 Å². The maximum atomic E-state index is 9.53.